The minimum absolute atomic E-state index is 0.0942. The first kappa shape index (κ1) is 9.44. The van der Waals surface area contributed by atoms with Gasteiger partial charge in [0.1, 0.15) is 0 Å². The predicted molar refractivity (Wildman–Crippen MR) is 48.1 cm³/mol. The van der Waals surface area contributed by atoms with Crippen LogP contribution in [0.4, 0.5) is 0 Å². The van der Waals surface area contributed by atoms with Crippen molar-refractivity contribution in [1.82, 2.24) is 0 Å². The third kappa shape index (κ3) is 1.30. The van der Waals surface area contributed by atoms with Crippen molar-refractivity contribution in [2.45, 2.75) is 33.2 Å². The number of fused-ring (bicyclic) bond motifs is 3. The van der Waals surface area contributed by atoms with Crippen LogP contribution >= 0.6 is 0 Å². The van der Waals surface area contributed by atoms with Crippen molar-refractivity contribution in [3.63, 3.8) is 0 Å². The lowest BCUT2D eigenvalue weighted by Gasteiger charge is -2.53. The molecule has 0 aromatic heterocycles. The van der Waals surface area contributed by atoms with E-state index in [0.29, 0.717) is 5.92 Å². The van der Waals surface area contributed by atoms with Gasteiger partial charge in [-0.1, -0.05) is 20.8 Å². The van der Waals surface area contributed by atoms with Gasteiger partial charge in [0.05, 0.1) is 19.8 Å². The third-order valence-electron chi connectivity index (χ3n) is 3.40. The van der Waals surface area contributed by atoms with Crippen molar-refractivity contribution in [3.8, 4) is 0 Å². The Kier molecular flexibility index (Phi) is 2.13. The Hall–Kier alpha value is -0.120. The van der Waals surface area contributed by atoms with Gasteiger partial charge in [-0.05, 0) is 5.92 Å². The van der Waals surface area contributed by atoms with Crippen molar-refractivity contribution in [1.29, 1.82) is 0 Å². The van der Waals surface area contributed by atoms with Gasteiger partial charge in [0.25, 0.3) is 5.97 Å². The van der Waals surface area contributed by atoms with Crippen molar-refractivity contribution in [2.75, 3.05) is 19.8 Å². The molecule has 3 rings (SSSR count). The predicted octanol–water partition coefficient (Wildman–Crippen LogP) is 1.77. The summed E-state index contributed by atoms with van der Waals surface area (Å²) in [5, 5.41) is 0. The van der Waals surface area contributed by atoms with E-state index in [0.717, 1.165) is 26.2 Å². The maximum Gasteiger partial charge on any atom is 0.282 e. The molecule has 3 nitrogen and oxygen atoms in total. The molecule has 0 aromatic rings. The van der Waals surface area contributed by atoms with Gasteiger partial charge in [-0.25, -0.2) is 0 Å². The molecule has 0 radical (unpaired) electrons. The molecule has 0 atom stereocenters. The van der Waals surface area contributed by atoms with Gasteiger partial charge in [-0.2, -0.15) is 0 Å². The summed E-state index contributed by atoms with van der Waals surface area (Å²) in [4.78, 5) is 0. The first-order valence-corrected chi connectivity index (χ1v) is 5.04. The van der Waals surface area contributed by atoms with Crippen LogP contribution in [-0.4, -0.2) is 25.8 Å². The molecule has 3 heteroatoms. The van der Waals surface area contributed by atoms with Crippen LogP contribution in [0.2, 0.25) is 0 Å². The highest BCUT2D eigenvalue weighted by Gasteiger charge is 2.52. The van der Waals surface area contributed by atoms with E-state index in [1.165, 1.54) is 0 Å². The zero-order chi connectivity index (χ0) is 9.53. The Balaban J connectivity index is 2.11. The maximum absolute atomic E-state index is 5.63. The van der Waals surface area contributed by atoms with E-state index < -0.39 is 5.97 Å². The van der Waals surface area contributed by atoms with E-state index in [-0.39, 0.29) is 5.41 Å². The molecule has 13 heavy (non-hydrogen) atoms. The van der Waals surface area contributed by atoms with Crippen molar-refractivity contribution < 1.29 is 14.2 Å². The molecular formula is C10H18O3. The Bertz CT molecular complexity index is 176. The van der Waals surface area contributed by atoms with E-state index in [4.69, 9.17) is 14.2 Å². The summed E-state index contributed by atoms with van der Waals surface area (Å²) < 4.78 is 16.9. The van der Waals surface area contributed by atoms with Crippen LogP contribution in [0.3, 0.4) is 0 Å². The molecule has 0 aromatic carbocycles. The molecule has 2 bridgehead atoms. The number of rotatable bonds is 2. The average Bonchev–Trinajstić information content (AvgIpc) is 2.20. The highest BCUT2D eigenvalue weighted by molar-refractivity contribution is 4.90. The van der Waals surface area contributed by atoms with Crippen LogP contribution in [-0.2, 0) is 14.2 Å². The second-order valence-corrected chi connectivity index (χ2v) is 4.42. The zero-order valence-corrected chi connectivity index (χ0v) is 8.63. The largest absolute Gasteiger partial charge is 0.327 e. The third-order valence-corrected chi connectivity index (χ3v) is 3.40. The van der Waals surface area contributed by atoms with E-state index >= 15 is 0 Å². The SMILES string of the molecule is CCC12OCC(C(C)C)(CO1)CO2. The van der Waals surface area contributed by atoms with Crippen LogP contribution in [0.5, 0.6) is 0 Å². The van der Waals surface area contributed by atoms with Gasteiger partial charge in [-0.3, -0.25) is 0 Å². The lowest BCUT2D eigenvalue weighted by Crippen LogP contribution is -2.61. The molecule has 76 valence electrons. The average molecular weight is 186 g/mol. The van der Waals surface area contributed by atoms with E-state index in [2.05, 4.69) is 13.8 Å². The normalized spacial score (nSPS) is 44.3. The minimum atomic E-state index is -0.712. The highest BCUT2D eigenvalue weighted by atomic mass is 16.9. The summed E-state index contributed by atoms with van der Waals surface area (Å²) >= 11 is 0. The Morgan fingerprint density at radius 3 is 1.85 bits per heavy atom. The quantitative estimate of drug-likeness (QED) is 0.657. The maximum atomic E-state index is 5.63. The first-order chi connectivity index (χ1) is 6.13. The summed E-state index contributed by atoms with van der Waals surface area (Å²) in [6, 6.07) is 0. The molecule has 0 aliphatic carbocycles. The summed E-state index contributed by atoms with van der Waals surface area (Å²) in [6.45, 7) is 8.74. The second-order valence-electron chi connectivity index (χ2n) is 4.42. The van der Waals surface area contributed by atoms with Gasteiger partial charge in [0.15, 0.2) is 0 Å². The lowest BCUT2D eigenvalue weighted by atomic mass is 9.78. The van der Waals surface area contributed by atoms with Crippen LogP contribution < -0.4 is 0 Å². The minimum Gasteiger partial charge on any atom is -0.327 e. The summed E-state index contributed by atoms with van der Waals surface area (Å²) in [7, 11) is 0. The first-order valence-electron chi connectivity index (χ1n) is 5.04. The Morgan fingerprint density at radius 1 is 1.08 bits per heavy atom. The molecule has 3 heterocycles. The Labute approximate surface area is 79.4 Å². The summed E-state index contributed by atoms with van der Waals surface area (Å²) in [5.74, 6) is -0.168. The fourth-order valence-corrected chi connectivity index (χ4v) is 1.82. The highest BCUT2D eigenvalue weighted by Crippen LogP contribution is 2.43. The van der Waals surface area contributed by atoms with Crippen LogP contribution in [0, 0.1) is 11.3 Å². The molecule has 0 N–H and O–H groups in total. The summed E-state index contributed by atoms with van der Waals surface area (Å²) in [6.07, 6.45) is 0.765. The van der Waals surface area contributed by atoms with Crippen molar-refractivity contribution in [3.05, 3.63) is 0 Å². The number of hydrogen-bond donors (Lipinski definition) is 0. The smallest absolute Gasteiger partial charge is 0.282 e. The standard InChI is InChI=1S/C10H18O3/c1-4-10-11-5-9(6-12-10,7-13-10)8(2)3/h8H,4-7H2,1-3H3. The van der Waals surface area contributed by atoms with Crippen LogP contribution in [0.1, 0.15) is 27.2 Å². The van der Waals surface area contributed by atoms with Crippen molar-refractivity contribution >= 4 is 0 Å². The molecule has 0 amide bonds. The molecule has 0 saturated carbocycles. The van der Waals surface area contributed by atoms with E-state index in [1.807, 2.05) is 6.92 Å². The van der Waals surface area contributed by atoms with E-state index in [9.17, 15) is 0 Å². The van der Waals surface area contributed by atoms with Gasteiger partial charge in [0, 0.05) is 11.8 Å². The molecule has 3 saturated heterocycles. The fraction of sp³-hybridized carbons (Fsp3) is 1.00. The molecule has 0 unspecified atom stereocenters. The fourth-order valence-electron chi connectivity index (χ4n) is 1.82. The molecule has 3 fully saturated rings. The van der Waals surface area contributed by atoms with Gasteiger partial charge < -0.3 is 14.2 Å². The molecule has 3 aliphatic rings. The zero-order valence-electron chi connectivity index (χ0n) is 8.63. The van der Waals surface area contributed by atoms with Gasteiger partial charge in [0.2, 0.25) is 0 Å². The topological polar surface area (TPSA) is 27.7 Å². The van der Waals surface area contributed by atoms with E-state index in [1.54, 1.807) is 0 Å². The summed E-state index contributed by atoms with van der Waals surface area (Å²) in [5.41, 5.74) is 0.0942. The van der Waals surface area contributed by atoms with Crippen LogP contribution in [0.15, 0.2) is 0 Å². The van der Waals surface area contributed by atoms with Gasteiger partial charge >= 0.3 is 0 Å². The molecular weight excluding hydrogens is 168 g/mol. The Morgan fingerprint density at radius 2 is 1.54 bits per heavy atom. The lowest BCUT2D eigenvalue weighted by molar-refractivity contribution is -0.473. The number of ether oxygens (including phenoxy) is 3. The van der Waals surface area contributed by atoms with Gasteiger partial charge in [-0.15, -0.1) is 0 Å². The second kappa shape index (κ2) is 2.94. The molecule has 3 aliphatic heterocycles. The number of hydrogen-bond acceptors (Lipinski definition) is 3. The monoisotopic (exact) mass is 186 g/mol. The van der Waals surface area contributed by atoms with Crippen molar-refractivity contribution in [2.24, 2.45) is 11.3 Å². The van der Waals surface area contributed by atoms with Crippen LogP contribution in [0.25, 0.3) is 0 Å². The molecule has 0 spiro atoms.